The van der Waals surface area contributed by atoms with Crippen molar-refractivity contribution in [2.75, 3.05) is 13.1 Å². The van der Waals surface area contributed by atoms with Gasteiger partial charge in [0.2, 0.25) is 0 Å². The predicted octanol–water partition coefficient (Wildman–Crippen LogP) is 1.29. The zero-order chi connectivity index (χ0) is 7.73. The first-order valence-electron chi connectivity index (χ1n) is 4.49. The molecule has 1 saturated carbocycles. The minimum Gasteiger partial charge on any atom is -0.315 e. The van der Waals surface area contributed by atoms with E-state index in [-0.39, 0.29) is 5.41 Å². The molecule has 11 heavy (non-hydrogen) atoms. The fourth-order valence-corrected chi connectivity index (χ4v) is 2.50. The van der Waals surface area contributed by atoms with E-state index in [1.807, 2.05) is 0 Å². The molecule has 1 N–H and O–H groups in total. The molecule has 0 aromatic heterocycles. The summed E-state index contributed by atoms with van der Waals surface area (Å²) >= 11 is 0. The number of hydrogen-bond acceptors (Lipinski definition) is 2. The van der Waals surface area contributed by atoms with Crippen molar-refractivity contribution in [1.29, 1.82) is 5.26 Å². The third-order valence-electron chi connectivity index (χ3n) is 3.26. The van der Waals surface area contributed by atoms with E-state index in [9.17, 15) is 0 Å². The Balaban J connectivity index is 2.20. The second kappa shape index (κ2) is 2.49. The van der Waals surface area contributed by atoms with E-state index in [1.165, 1.54) is 19.3 Å². The normalized spacial score (nSPS) is 43.0. The lowest BCUT2D eigenvalue weighted by atomic mass is 9.69. The van der Waals surface area contributed by atoms with Crippen molar-refractivity contribution in [3.05, 3.63) is 0 Å². The summed E-state index contributed by atoms with van der Waals surface area (Å²) in [6, 6.07) is 2.52. The molecule has 0 amide bonds. The summed E-state index contributed by atoms with van der Waals surface area (Å²) in [5.74, 6) is 0.654. The molecule has 0 unspecified atom stereocenters. The SMILES string of the molecule is N#C[C@]12CCCC[C@H]1CNC2. The van der Waals surface area contributed by atoms with Crippen LogP contribution in [0.3, 0.4) is 0 Å². The van der Waals surface area contributed by atoms with E-state index in [0.29, 0.717) is 5.92 Å². The minimum atomic E-state index is 0.0260. The second-order valence-corrected chi connectivity index (χ2v) is 3.84. The topological polar surface area (TPSA) is 35.8 Å². The van der Waals surface area contributed by atoms with E-state index in [4.69, 9.17) is 5.26 Å². The molecule has 0 bridgehead atoms. The highest BCUT2D eigenvalue weighted by Gasteiger charge is 2.44. The molecule has 1 heterocycles. The van der Waals surface area contributed by atoms with Gasteiger partial charge in [-0.2, -0.15) is 5.26 Å². The third-order valence-corrected chi connectivity index (χ3v) is 3.26. The van der Waals surface area contributed by atoms with Gasteiger partial charge < -0.3 is 5.32 Å². The van der Waals surface area contributed by atoms with Crippen LogP contribution in [0.5, 0.6) is 0 Å². The summed E-state index contributed by atoms with van der Waals surface area (Å²) in [6.45, 7) is 2.02. The van der Waals surface area contributed by atoms with Gasteiger partial charge in [-0.3, -0.25) is 0 Å². The average Bonchev–Trinajstić information content (AvgIpc) is 2.48. The quantitative estimate of drug-likeness (QED) is 0.564. The van der Waals surface area contributed by atoms with Gasteiger partial charge >= 0.3 is 0 Å². The van der Waals surface area contributed by atoms with Crippen molar-refractivity contribution in [2.24, 2.45) is 11.3 Å². The second-order valence-electron chi connectivity index (χ2n) is 3.84. The van der Waals surface area contributed by atoms with Crippen LogP contribution in [-0.4, -0.2) is 13.1 Å². The lowest BCUT2D eigenvalue weighted by Gasteiger charge is -2.31. The Kier molecular flexibility index (Phi) is 1.61. The molecule has 2 aliphatic rings. The third kappa shape index (κ3) is 0.954. The molecule has 60 valence electrons. The first-order chi connectivity index (χ1) is 5.37. The van der Waals surface area contributed by atoms with Gasteiger partial charge in [0.1, 0.15) is 0 Å². The fraction of sp³-hybridized carbons (Fsp3) is 0.889. The van der Waals surface area contributed by atoms with Gasteiger partial charge in [0.25, 0.3) is 0 Å². The molecule has 0 aromatic carbocycles. The molecule has 2 atom stereocenters. The van der Waals surface area contributed by atoms with Gasteiger partial charge in [-0.15, -0.1) is 0 Å². The first kappa shape index (κ1) is 7.12. The molecule has 0 spiro atoms. The van der Waals surface area contributed by atoms with Crippen molar-refractivity contribution < 1.29 is 0 Å². The van der Waals surface area contributed by atoms with Gasteiger partial charge in [0.05, 0.1) is 11.5 Å². The van der Waals surface area contributed by atoms with Gasteiger partial charge in [0.15, 0.2) is 0 Å². The highest BCUT2D eigenvalue weighted by Crippen LogP contribution is 2.42. The number of fused-ring (bicyclic) bond motifs is 1. The Bertz CT molecular complexity index is 194. The van der Waals surface area contributed by atoms with E-state index < -0.39 is 0 Å². The first-order valence-corrected chi connectivity index (χ1v) is 4.49. The standard InChI is InChI=1S/C9H14N2/c10-6-9-4-2-1-3-8(9)5-11-7-9/h8,11H,1-5,7H2/t8-,9-/m0/s1. The summed E-state index contributed by atoms with van der Waals surface area (Å²) in [7, 11) is 0. The molecule has 1 aliphatic heterocycles. The van der Waals surface area contributed by atoms with Crippen molar-refractivity contribution >= 4 is 0 Å². The average molecular weight is 150 g/mol. The number of nitriles is 1. The largest absolute Gasteiger partial charge is 0.315 e. The van der Waals surface area contributed by atoms with Gasteiger partial charge in [-0.1, -0.05) is 12.8 Å². The summed E-state index contributed by atoms with van der Waals surface area (Å²) in [5, 5.41) is 12.4. The zero-order valence-electron chi connectivity index (χ0n) is 6.77. The molecule has 2 nitrogen and oxygen atoms in total. The van der Waals surface area contributed by atoms with E-state index in [0.717, 1.165) is 19.5 Å². The van der Waals surface area contributed by atoms with Crippen LogP contribution in [0.1, 0.15) is 25.7 Å². The molecular formula is C9H14N2. The Labute approximate surface area is 67.6 Å². The maximum Gasteiger partial charge on any atom is 0.0738 e. The summed E-state index contributed by atoms with van der Waals surface area (Å²) < 4.78 is 0. The van der Waals surface area contributed by atoms with Crippen LogP contribution in [0.25, 0.3) is 0 Å². The number of nitrogens with zero attached hydrogens (tertiary/aromatic N) is 1. The van der Waals surface area contributed by atoms with Crippen molar-refractivity contribution in [1.82, 2.24) is 5.32 Å². The Morgan fingerprint density at radius 3 is 3.09 bits per heavy atom. The van der Waals surface area contributed by atoms with Gasteiger partial charge in [-0.05, 0) is 25.3 Å². The smallest absolute Gasteiger partial charge is 0.0738 e. The molecule has 2 rings (SSSR count). The van der Waals surface area contributed by atoms with Crippen molar-refractivity contribution in [3.8, 4) is 6.07 Å². The molecule has 0 aromatic rings. The van der Waals surface area contributed by atoms with Crippen LogP contribution < -0.4 is 5.32 Å². The summed E-state index contributed by atoms with van der Waals surface area (Å²) in [5.41, 5.74) is 0.0260. The van der Waals surface area contributed by atoms with E-state index in [1.54, 1.807) is 0 Å². The maximum absolute atomic E-state index is 9.06. The van der Waals surface area contributed by atoms with E-state index >= 15 is 0 Å². The Morgan fingerprint density at radius 2 is 2.36 bits per heavy atom. The minimum absolute atomic E-state index is 0.0260. The van der Waals surface area contributed by atoms with Gasteiger partial charge in [-0.25, -0.2) is 0 Å². The Hall–Kier alpha value is -0.550. The lowest BCUT2D eigenvalue weighted by Crippen LogP contribution is -2.31. The lowest BCUT2D eigenvalue weighted by molar-refractivity contribution is 0.220. The van der Waals surface area contributed by atoms with Crippen LogP contribution in [0.4, 0.5) is 0 Å². The molecular weight excluding hydrogens is 136 g/mol. The predicted molar refractivity (Wildman–Crippen MR) is 42.9 cm³/mol. The highest BCUT2D eigenvalue weighted by atomic mass is 14.9. The summed E-state index contributed by atoms with van der Waals surface area (Å²) in [6.07, 6.45) is 4.98. The van der Waals surface area contributed by atoms with Crippen molar-refractivity contribution in [3.63, 3.8) is 0 Å². The van der Waals surface area contributed by atoms with Gasteiger partial charge in [0, 0.05) is 6.54 Å². The van der Waals surface area contributed by atoms with Crippen LogP contribution in [0.15, 0.2) is 0 Å². The number of rotatable bonds is 0. The van der Waals surface area contributed by atoms with Crippen molar-refractivity contribution in [2.45, 2.75) is 25.7 Å². The highest BCUT2D eigenvalue weighted by molar-refractivity contribution is 5.10. The van der Waals surface area contributed by atoms with Crippen LogP contribution in [-0.2, 0) is 0 Å². The van der Waals surface area contributed by atoms with Crippen LogP contribution in [0, 0.1) is 22.7 Å². The number of nitrogens with one attached hydrogen (secondary N) is 1. The summed E-state index contributed by atoms with van der Waals surface area (Å²) in [4.78, 5) is 0. The Morgan fingerprint density at radius 1 is 1.45 bits per heavy atom. The fourth-order valence-electron chi connectivity index (χ4n) is 2.50. The van der Waals surface area contributed by atoms with E-state index in [2.05, 4.69) is 11.4 Å². The monoisotopic (exact) mass is 150 g/mol. The molecule has 2 fully saturated rings. The maximum atomic E-state index is 9.06. The van der Waals surface area contributed by atoms with Crippen LogP contribution >= 0.6 is 0 Å². The molecule has 1 saturated heterocycles. The number of hydrogen-bond donors (Lipinski definition) is 1. The molecule has 1 aliphatic carbocycles. The van der Waals surface area contributed by atoms with Crippen LogP contribution in [0.2, 0.25) is 0 Å². The zero-order valence-corrected chi connectivity index (χ0v) is 6.77. The molecule has 2 heteroatoms. The molecule has 0 radical (unpaired) electrons.